The Morgan fingerprint density at radius 1 is 1.41 bits per heavy atom. The summed E-state index contributed by atoms with van der Waals surface area (Å²) in [5.41, 5.74) is 2.22. The second kappa shape index (κ2) is 6.69. The molecule has 2 rings (SSSR count). The van der Waals surface area contributed by atoms with Crippen LogP contribution in [0.25, 0.3) is 0 Å². The van der Waals surface area contributed by atoms with Crippen molar-refractivity contribution in [3.8, 4) is 0 Å². The van der Waals surface area contributed by atoms with Crippen LogP contribution in [0.2, 0.25) is 0 Å². The van der Waals surface area contributed by atoms with E-state index in [1.807, 2.05) is 13.0 Å². The highest BCUT2D eigenvalue weighted by atomic mass is 32.2. The quantitative estimate of drug-likeness (QED) is 0.904. The van der Waals surface area contributed by atoms with E-state index in [9.17, 15) is 13.2 Å². The van der Waals surface area contributed by atoms with E-state index in [0.717, 1.165) is 31.2 Å². The van der Waals surface area contributed by atoms with E-state index in [1.54, 1.807) is 12.1 Å². The minimum Gasteiger partial charge on any atom is -0.350 e. The second-order valence-corrected chi connectivity index (χ2v) is 7.85. The van der Waals surface area contributed by atoms with Crippen LogP contribution in [0.1, 0.15) is 49.0 Å². The van der Waals surface area contributed by atoms with Gasteiger partial charge in [0.05, 0.1) is 11.9 Å². The molecule has 0 fully saturated rings. The molecule has 1 unspecified atom stereocenters. The third-order valence-corrected chi connectivity index (χ3v) is 5.10. The monoisotopic (exact) mass is 324 g/mol. The molecule has 1 aromatic carbocycles. The van der Waals surface area contributed by atoms with E-state index >= 15 is 0 Å². The maximum atomic E-state index is 12.3. The fourth-order valence-electron chi connectivity index (χ4n) is 2.86. The summed E-state index contributed by atoms with van der Waals surface area (Å²) in [6, 6.07) is 5.41. The Morgan fingerprint density at radius 2 is 2.14 bits per heavy atom. The molecular formula is C16H24N2O3S. The summed E-state index contributed by atoms with van der Waals surface area (Å²) >= 11 is 0. The van der Waals surface area contributed by atoms with E-state index < -0.39 is 10.0 Å². The Kier molecular flexibility index (Phi) is 5.11. The van der Waals surface area contributed by atoms with Crippen molar-refractivity contribution in [3.63, 3.8) is 0 Å². The Hall–Kier alpha value is -1.56. The van der Waals surface area contributed by atoms with E-state index in [4.69, 9.17) is 0 Å². The molecule has 1 aliphatic heterocycles. The number of anilines is 1. The van der Waals surface area contributed by atoms with Crippen molar-refractivity contribution in [3.05, 3.63) is 29.3 Å². The lowest BCUT2D eigenvalue weighted by Crippen LogP contribution is -2.35. The van der Waals surface area contributed by atoms with E-state index in [2.05, 4.69) is 12.2 Å². The molecule has 5 nitrogen and oxygen atoms in total. The van der Waals surface area contributed by atoms with Crippen molar-refractivity contribution in [2.24, 2.45) is 0 Å². The minimum absolute atomic E-state index is 0.0970. The molecule has 1 aliphatic rings. The smallest absolute Gasteiger partial charge is 0.251 e. The number of nitrogens with one attached hydrogen (secondary N) is 1. The maximum absolute atomic E-state index is 12.3. The Labute approximate surface area is 132 Å². The number of carbonyl (C=O) groups excluding carboxylic acids is 1. The Bertz CT molecular complexity index is 655. The van der Waals surface area contributed by atoms with Crippen molar-refractivity contribution >= 4 is 21.6 Å². The summed E-state index contributed by atoms with van der Waals surface area (Å²) in [5.74, 6) is -0.0970. The molecule has 1 heterocycles. The zero-order valence-electron chi connectivity index (χ0n) is 13.4. The molecular weight excluding hydrogens is 300 g/mol. The molecule has 1 N–H and O–H groups in total. The highest BCUT2D eigenvalue weighted by Crippen LogP contribution is 2.29. The number of rotatable bonds is 5. The van der Waals surface area contributed by atoms with Crippen LogP contribution in [-0.4, -0.2) is 33.2 Å². The first-order valence-corrected chi connectivity index (χ1v) is 9.59. The molecule has 0 saturated carbocycles. The first-order chi connectivity index (χ1) is 10.3. The zero-order valence-corrected chi connectivity index (χ0v) is 14.2. The number of carbonyl (C=O) groups is 1. The van der Waals surface area contributed by atoms with Crippen LogP contribution in [0, 0.1) is 0 Å². The highest BCUT2D eigenvalue weighted by molar-refractivity contribution is 7.92. The van der Waals surface area contributed by atoms with Gasteiger partial charge < -0.3 is 5.32 Å². The summed E-state index contributed by atoms with van der Waals surface area (Å²) in [5, 5.41) is 2.97. The lowest BCUT2D eigenvalue weighted by molar-refractivity contribution is 0.0938. The van der Waals surface area contributed by atoms with Gasteiger partial charge in [-0.05, 0) is 49.9 Å². The number of amides is 1. The first-order valence-electron chi connectivity index (χ1n) is 7.74. The first kappa shape index (κ1) is 16.8. The average molecular weight is 324 g/mol. The fourth-order valence-corrected chi connectivity index (χ4v) is 3.86. The highest BCUT2D eigenvalue weighted by Gasteiger charge is 2.24. The standard InChI is InChI=1S/C16H24N2O3S/c1-4-6-12(2)17-16(19)14-8-9-15-13(11-14)7-5-10-18(15)22(3,20)21/h8-9,11-12H,4-7,10H2,1-3H3,(H,17,19). The van der Waals surface area contributed by atoms with Gasteiger partial charge in [0, 0.05) is 18.2 Å². The minimum atomic E-state index is -3.27. The second-order valence-electron chi connectivity index (χ2n) is 5.95. The number of hydrogen-bond acceptors (Lipinski definition) is 3. The van der Waals surface area contributed by atoms with Crippen LogP contribution in [0.5, 0.6) is 0 Å². The van der Waals surface area contributed by atoms with Gasteiger partial charge in [0.1, 0.15) is 0 Å². The van der Waals surface area contributed by atoms with Gasteiger partial charge in [0.25, 0.3) is 5.91 Å². The van der Waals surface area contributed by atoms with Crippen LogP contribution < -0.4 is 9.62 Å². The third-order valence-electron chi connectivity index (χ3n) is 3.92. The molecule has 0 bridgehead atoms. The van der Waals surface area contributed by atoms with Gasteiger partial charge in [-0.25, -0.2) is 8.42 Å². The number of fused-ring (bicyclic) bond motifs is 1. The van der Waals surface area contributed by atoms with Gasteiger partial charge in [-0.15, -0.1) is 0 Å². The summed E-state index contributed by atoms with van der Waals surface area (Å²) in [4.78, 5) is 12.3. The van der Waals surface area contributed by atoms with Crippen LogP contribution in [0.4, 0.5) is 5.69 Å². The van der Waals surface area contributed by atoms with E-state index in [0.29, 0.717) is 17.8 Å². The maximum Gasteiger partial charge on any atom is 0.251 e. The molecule has 122 valence electrons. The average Bonchev–Trinajstić information content (AvgIpc) is 2.45. The van der Waals surface area contributed by atoms with Crippen LogP contribution in [-0.2, 0) is 16.4 Å². The molecule has 1 amide bonds. The molecule has 0 radical (unpaired) electrons. The number of aryl methyl sites for hydroxylation is 1. The predicted octanol–water partition coefficient (Wildman–Crippen LogP) is 2.32. The topological polar surface area (TPSA) is 66.5 Å². The van der Waals surface area contributed by atoms with Gasteiger partial charge in [-0.3, -0.25) is 9.10 Å². The normalized spacial score (nSPS) is 16.0. The van der Waals surface area contributed by atoms with Crippen molar-refractivity contribution in [1.29, 1.82) is 0 Å². The van der Waals surface area contributed by atoms with Crippen LogP contribution in [0.15, 0.2) is 18.2 Å². The summed E-state index contributed by atoms with van der Waals surface area (Å²) in [7, 11) is -3.27. The Balaban J connectivity index is 2.23. The van der Waals surface area contributed by atoms with Gasteiger partial charge in [0.2, 0.25) is 10.0 Å². The molecule has 6 heteroatoms. The van der Waals surface area contributed by atoms with Gasteiger partial charge in [0.15, 0.2) is 0 Å². The number of benzene rings is 1. The van der Waals surface area contributed by atoms with E-state index in [-0.39, 0.29) is 11.9 Å². The van der Waals surface area contributed by atoms with Gasteiger partial charge in [-0.2, -0.15) is 0 Å². The largest absolute Gasteiger partial charge is 0.350 e. The lowest BCUT2D eigenvalue weighted by atomic mass is 10.0. The SMILES string of the molecule is CCCC(C)NC(=O)c1ccc2c(c1)CCCN2S(C)(=O)=O. The van der Waals surface area contributed by atoms with Crippen molar-refractivity contribution in [1.82, 2.24) is 5.32 Å². The molecule has 22 heavy (non-hydrogen) atoms. The van der Waals surface area contributed by atoms with Gasteiger partial charge >= 0.3 is 0 Å². The molecule has 0 saturated heterocycles. The number of nitrogens with zero attached hydrogens (tertiary/aromatic N) is 1. The molecule has 0 spiro atoms. The predicted molar refractivity (Wildman–Crippen MR) is 88.8 cm³/mol. The zero-order chi connectivity index (χ0) is 16.3. The van der Waals surface area contributed by atoms with Gasteiger partial charge in [-0.1, -0.05) is 13.3 Å². The summed E-state index contributed by atoms with van der Waals surface area (Å²) in [6.07, 6.45) is 4.76. The molecule has 0 aromatic heterocycles. The molecule has 0 aliphatic carbocycles. The summed E-state index contributed by atoms with van der Waals surface area (Å²) < 4.78 is 25.1. The number of hydrogen-bond donors (Lipinski definition) is 1. The van der Waals surface area contributed by atoms with Crippen molar-refractivity contribution in [2.75, 3.05) is 17.1 Å². The van der Waals surface area contributed by atoms with Crippen LogP contribution in [0.3, 0.4) is 0 Å². The Morgan fingerprint density at radius 3 is 2.77 bits per heavy atom. The number of sulfonamides is 1. The van der Waals surface area contributed by atoms with Crippen molar-refractivity contribution < 1.29 is 13.2 Å². The lowest BCUT2D eigenvalue weighted by Gasteiger charge is -2.29. The third kappa shape index (κ3) is 3.80. The molecule has 1 aromatic rings. The summed E-state index contributed by atoms with van der Waals surface area (Å²) in [6.45, 7) is 4.58. The van der Waals surface area contributed by atoms with Crippen LogP contribution >= 0.6 is 0 Å². The van der Waals surface area contributed by atoms with Crippen molar-refractivity contribution in [2.45, 2.75) is 45.6 Å². The fraction of sp³-hybridized carbons (Fsp3) is 0.562. The van der Waals surface area contributed by atoms with E-state index in [1.165, 1.54) is 10.6 Å². The molecule has 1 atom stereocenters.